The van der Waals surface area contributed by atoms with Gasteiger partial charge in [-0.15, -0.1) is 11.3 Å². The van der Waals surface area contributed by atoms with Gasteiger partial charge in [-0.1, -0.05) is 36.4 Å². The summed E-state index contributed by atoms with van der Waals surface area (Å²) >= 11 is 1.71. The summed E-state index contributed by atoms with van der Waals surface area (Å²) in [5.74, 6) is 0.745. The Morgan fingerprint density at radius 3 is 2.84 bits per heavy atom. The number of benzene rings is 1. The number of ether oxygens (including phenoxy) is 1. The molecule has 19 heavy (non-hydrogen) atoms. The SMILES string of the molecule is C(=C\c1cccs1)/C1=N[C@@H](Cc2ccccc2)CO1. The van der Waals surface area contributed by atoms with Gasteiger partial charge in [0.1, 0.15) is 6.61 Å². The molecule has 0 unspecified atom stereocenters. The van der Waals surface area contributed by atoms with Gasteiger partial charge in [-0.2, -0.15) is 0 Å². The molecule has 1 aliphatic heterocycles. The molecule has 0 saturated carbocycles. The van der Waals surface area contributed by atoms with Crippen molar-refractivity contribution in [1.82, 2.24) is 0 Å². The smallest absolute Gasteiger partial charge is 0.209 e. The number of rotatable bonds is 4. The Hall–Kier alpha value is -1.87. The summed E-state index contributed by atoms with van der Waals surface area (Å²) in [6, 6.07) is 14.8. The van der Waals surface area contributed by atoms with E-state index < -0.39 is 0 Å². The first-order valence-corrected chi connectivity index (χ1v) is 7.24. The highest BCUT2D eigenvalue weighted by atomic mass is 32.1. The zero-order valence-electron chi connectivity index (χ0n) is 10.5. The molecule has 2 nitrogen and oxygen atoms in total. The van der Waals surface area contributed by atoms with E-state index >= 15 is 0 Å². The molecule has 0 aliphatic carbocycles. The molecule has 1 aromatic carbocycles. The Balaban J connectivity index is 1.62. The highest BCUT2D eigenvalue weighted by Crippen LogP contribution is 2.14. The first kappa shape index (κ1) is 12.2. The summed E-state index contributed by atoms with van der Waals surface area (Å²) in [6.07, 6.45) is 4.95. The monoisotopic (exact) mass is 269 g/mol. The van der Waals surface area contributed by atoms with Crippen LogP contribution in [0.25, 0.3) is 6.08 Å². The molecule has 0 saturated heterocycles. The fourth-order valence-corrected chi connectivity index (χ4v) is 2.68. The Bertz CT molecular complexity index is 572. The quantitative estimate of drug-likeness (QED) is 0.827. The number of thiophene rings is 1. The van der Waals surface area contributed by atoms with Crippen molar-refractivity contribution in [2.24, 2.45) is 4.99 Å². The second-order valence-electron chi connectivity index (χ2n) is 4.47. The lowest BCUT2D eigenvalue weighted by atomic mass is 10.1. The molecular formula is C16H15NOS. The lowest BCUT2D eigenvalue weighted by molar-refractivity contribution is 0.318. The molecule has 3 rings (SSSR count). The zero-order chi connectivity index (χ0) is 12.9. The third-order valence-corrected chi connectivity index (χ3v) is 3.82. The molecule has 0 radical (unpaired) electrons. The standard InChI is InChI=1S/C16H15NOS/c1-2-5-13(6-3-1)11-14-12-18-16(17-14)9-8-15-7-4-10-19-15/h1-10,14H,11-12H2/b9-8+/t14-/m0/s1. The van der Waals surface area contributed by atoms with Crippen LogP contribution in [-0.4, -0.2) is 18.5 Å². The summed E-state index contributed by atoms with van der Waals surface area (Å²) in [5, 5.41) is 2.06. The maximum Gasteiger partial charge on any atom is 0.209 e. The zero-order valence-corrected chi connectivity index (χ0v) is 11.3. The van der Waals surface area contributed by atoms with E-state index in [1.165, 1.54) is 10.4 Å². The number of nitrogens with zero attached hydrogens (tertiary/aromatic N) is 1. The number of aliphatic imine (C=N–C) groups is 1. The molecule has 1 aromatic heterocycles. The Morgan fingerprint density at radius 1 is 1.16 bits per heavy atom. The van der Waals surface area contributed by atoms with E-state index in [4.69, 9.17) is 4.74 Å². The minimum absolute atomic E-state index is 0.241. The van der Waals surface area contributed by atoms with E-state index in [-0.39, 0.29) is 6.04 Å². The van der Waals surface area contributed by atoms with Gasteiger partial charge < -0.3 is 4.74 Å². The van der Waals surface area contributed by atoms with Crippen molar-refractivity contribution in [1.29, 1.82) is 0 Å². The molecule has 0 spiro atoms. The highest BCUT2D eigenvalue weighted by molar-refractivity contribution is 7.10. The van der Waals surface area contributed by atoms with Gasteiger partial charge in [-0.3, -0.25) is 0 Å². The van der Waals surface area contributed by atoms with Crippen LogP contribution in [0.3, 0.4) is 0 Å². The third kappa shape index (κ3) is 3.32. The van der Waals surface area contributed by atoms with Crippen LogP contribution in [0.2, 0.25) is 0 Å². The van der Waals surface area contributed by atoms with Gasteiger partial charge in [-0.05, 0) is 29.5 Å². The van der Waals surface area contributed by atoms with Crippen LogP contribution in [0.15, 0.2) is 58.9 Å². The van der Waals surface area contributed by atoms with Crippen LogP contribution >= 0.6 is 11.3 Å². The van der Waals surface area contributed by atoms with Gasteiger partial charge in [0.15, 0.2) is 0 Å². The predicted molar refractivity (Wildman–Crippen MR) is 80.7 cm³/mol. The van der Waals surface area contributed by atoms with E-state index in [1.54, 1.807) is 11.3 Å². The lowest BCUT2D eigenvalue weighted by Crippen LogP contribution is -2.09. The third-order valence-electron chi connectivity index (χ3n) is 2.98. The maximum absolute atomic E-state index is 5.60. The fourth-order valence-electron chi connectivity index (χ4n) is 2.06. The van der Waals surface area contributed by atoms with Crippen molar-refractivity contribution in [2.75, 3.05) is 6.61 Å². The second kappa shape index (κ2) is 5.85. The number of hydrogen-bond donors (Lipinski definition) is 0. The van der Waals surface area contributed by atoms with Crippen LogP contribution in [-0.2, 0) is 11.2 Å². The summed E-state index contributed by atoms with van der Waals surface area (Å²) < 4.78 is 5.60. The minimum Gasteiger partial charge on any atom is -0.476 e. The molecule has 0 bridgehead atoms. The highest BCUT2D eigenvalue weighted by Gasteiger charge is 2.17. The van der Waals surface area contributed by atoms with Gasteiger partial charge in [0, 0.05) is 11.0 Å². The number of hydrogen-bond acceptors (Lipinski definition) is 3. The van der Waals surface area contributed by atoms with Gasteiger partial charge in [-0.25, -0.2) is 4.99 Å². The molecule has 0 N–H and O–H groups in total. The minimum atomic E-state index is 0.241. The first-order valence-electron chi connectivity index (χ1n) is 6.36. The average molecular weight is 269 g/mol. The molecule has 0 amide bonds. The second-order valence-corrected chi connectivity index (χ2v) is 5.45. The van der Waals surface area contributed by atoms with Gasteiger partial charge in [0.25, 0.3) is 0 Å². The van der Waals surface area contributed by atoms with Crippen LogP contribution in [0, 0.1) is 0 Å². The molecule has 96 valence electrons. The lowest BCUT2D eigenvalue weighted by Gasteiger charge is -2.03. The van der Waals surface area contributed by atoms with Crippen LogP contribution in [0.4, 0.5) is 0 Å². The van der Waals surface area contributed by atoms with E-state index in [0.717, 1.165) is 12.3 Å². The van der Waals surface area contributed by atoms with Gasteiger partial charge >= 0.3 is 0 Å². The van der Waals surface area contributed by atoms with Crippen LogP contribution in [0.5, 0.6) is 0 Å². The van der Waals surface area contributed by atoms with Crippen molar-refractivity contribution in [3.8, 4) is 0 Å². The van der Waals surface area contributed by atoms with Crippen LogP contribution < -0.4 is 0 Å². The van der Waals surface area contributed by atoms with E-state index in [2.05, 4.69) is 40.7 Å². The molecule has 2 aromatic rings. The summed E-state index contributed by atoms with van der Waals surface area (Å²) in [7, 11) is 0. The van der Waals surface area contributed by atoms with E-state index in [1.807, 2.05) is 24.3 Å². The topological polar surface area (TPSA) is 21.6 Å². The van der Waals surface area contributed by atoms with Crippen molar-refractivity contribution in [3.63, 3.8) is 0 Å². The summed E-state index contributed by atoms with van der Waals surface area (Å²) in [4.78, 5) is 5.82. The Kier molecular flexibility index (Phi) is 3.75. The Morgan fingerprint density at radius 2 is 2.05 bits per heavy atom. The predicted octanol–water partition coefficient (Wildman–Crippen LogP) is 3.80. The van der Waals surface area contributed by atoms with Gasteiger partial charge in [0.2, 0.25) is 5.90 Å². The molecule has 0 fully saturated rings. The molecule has 1 aliphatic rings. The molecule has 3 heteroatoms. The molecular weight excluding hydrogens is 254 g/mol. The normalized spacial score (nSPS) is 18.5. The first-order chi connectivity index (χ1) is 9.40. The van der Waals surface area contributed by atoms with Crippen molar-refractivity contribution in [2.45, 2.75) is 12.5 Å². The average Bonchev–Trinajstić information content (AvgIpc) is 3.09. The summed E-state index contributed by atoms with van der Waals surface area (Å²) in [6.45, 7) is 0.680. The fraction of sp³-hybridized carbons (Fsp3) is 0.188. The summed E-state index contributed by atoms with van der Waals surface area (Å²) in [5.41, 5.74) is 1.31. The molecule has 2 heterocycles. The van der Waals surface area contributed by atoms with Crippen molar-refractivity contribution in [3.05, 3.63) is 64.4 Å². The van der Waals surface area contributed by atoms with E-state index in [9.17, 15) is 0 Å². The Labute approximate surface area is 117 Å². The maximum atomic E-state index is 5.60. The van der Waals surface area contributed by atoms with Crippen molar-refractivity contribution < 1.29 is 4.74 Å². The largest absolute Gasteiger partial charge is 0.476 e. The molecule has 1 atom stereocenters. The van der Waals surface area contributed by atoms with Gasteiger partial charge in [0.05, 0.1) is 6.04 Å². The van der Waals surface area contributed by atoms with Crippen LogP contribution in [0.1, 0.15) is 10.4 Å². The van der Waals surface area contributed by atoms with Crippen molar-refractivity contribution >= 4 is 23.3 Å². The van der Waals surface area contributed by atoms with E-state index in [0.29, 0.717) is 6.61 Å².